The molecule has 34 heavy (non-hydrogen) atoms. The smallest absolute Gasteiger partial charge is 0.157 e. The van der Waals surface area contributed by atoms with E-state index in [9.17, 15) is 9.59 Å². The van der Waals surface area contributed by atoms with Crippen LogP contribution in [0.2, 0.25) is 0 Å². The number of carbonyl (C=O) groups is 2. The van der Waals surface area contributed by atoms with E-state index in [2.05, 4.69) is 16.6 Å². The fraction of sp³-hybridized carbons (Fsp3) is 0.852. The van der Waals surface area contributed by atoms with Gasteiger partial charge in [-0.15, -0.1) is 5.10 Å². The van der Waals surface area contributed by atoms with E-state index in [-0.39, 0.29) is 18.4 Å². The highest BCUT2D eigenvalue weighted by Gasteiger charge is 2.21. The summed E-state index contributed by atoms with van der Waals surface area (Å²) in [5.41, 5.74) is 0.736. The van der Waals surface area contributed by atoms with E-state index in [4.69, 9.17) is 5.11 Å². The summed E-state index contributed by atoms with van der Waals surface area (Å²) in [4.78, 5) is 25.1. The summed E-state index contributed by atoms with van der Waals surface area (Å²) in [6.07, 6.45) is 23.1. The van der Waals surface area contributed by atoms with Crippen LogP contribution in [0.3, 0.4) is 0 Å². The Kier molecular flexibility index (Phi) is 15.5. The van der Waals surface area contributed by atoms with Gasteiger partial charge in [0, 0.05) is 38.0 Å². The van der Waals surface area contributed by atoms with E-state index >= 15 is 0 Å². The molecule has 0 amide bonds. The minimum Gasteiger partial charge on any atom is -0.396 e. The molecular formula is C27H47N3O3S. The van der Waals surface area contributed by atoms with Gasteiger partial charge in [-0.2, -0.15) is 11.8 Å². The van der Waals surface area contributed by atoms with Crippen LogP contribution < -0.4 is 0 Å². The number of aliphatic hydroxyl groups is 1. The van der Waals surface area contributed by atoms with Crippen molar-refractivity contribution in [1.82, 2.24) is 15.0 Å². The minimum absolute atomic E-state index is 0.0439. The van der Waals surface area contributed by atoms with Crippen LogP contribution in [-0.2, 0) is 16.0 Å². The zero-order valence-electron chi connectivity index (χ0n) is 21.4. The van der Waals surface area contributed by atoms with E-state index < -0.39 is 0 Å². The number of nitrogens with zero attached hydrogens (tertiary/aromatic N) is 3. The summed E-state index contributed by atoms with van der Waals surface area (Å²) in [6.45, 7) is 0.0439. The molecule has 1 aromatic rings. The lowest BCUT2D eigenvalue weighted by Gasteiger charge is -2.20. The number of ketones is 2. The molecule has 0 aromatic carbocycles. The normalized spacial score (nSPS) is 15.5. The lowest BCUT2D eigenvalue weighted by atomic mass is 9.84. The Morgan fingerprint density at radius 2 is 1.62 bits per heavy atom. The molecule has 0 saturated heterocycles. The predicted molar refractivity (Wildman–Crippen MR) is 140 cm³/mol. The molecule has 1 fully saturated rings. The fourth-order valence-electron chi connectivity index (χ4n) is 5.00. The number of unbranched alkanes of at least 4 members (excludes halogenated alkanes) is 8. The van der Waals surface area contributed by atoms with Crippen LogP contribution in [0, 0.1) is 5.92 Å². The second-order valence-electron chi connectivity index (χ2n) is 9.91. The standard InChI is InChI=1S/C27H47N3O3S/c1-34-21-19-25(30-22-24(18-20-31)28-29-30)27(33)17-13-8-6-4-2-3-5-7-12-16-26(32)23-14-10-9-11-15-23/h22-23,25,31H,2-21H2,1H3. The molecule has 1 N–H and O–H groups in total. The first-order valence-electron chi connectivity index (χ1n) is 13.7. The van der Waals surface area contributed by atoms with Crippen molar-refractivity contribution in [2.24, 2.45) is 5.92 Å². The molecule has 0 spiro atoms. The molecule has 0 aliphatic heterocycles. The van der Waals surface area contributed by atoms with Crippen molar-refractivity contribution in [3.63, 3.8) is 0 Å². The van der Waals surface area contributed by atoms with Crippen molar-refractivity contribution in [3.05, 3.63) is 11.9 Å². The van der Waals surface area contributed by atoms with Crippen LogP contribution in [0.25, 0.3) is 0 Å². The second-order valence-corrected chi connectivity index (χ2v) is 10.9. The molecule has 1 aliphatic rings. The Balaban J connectivity index is 1.49. The van der Waals surface area contributed by atoms with Crippen molar-refractivity contribution in [1.29, 1.82) is 0 Å². The molecule has 1 saturated carbocycles. The number of carbonyl (C=O) groups excluding carboxylic acids is 2. The first-order valence-corrected chi connectivity index (χ1v) is 15.1. The Labute approximate surface area is 211 Å². The third-order valence-electron chi connectivity index (χ3n) is 7.12. The SMILES string of the molecule is CSCCC(C(=O)CCCCCCCCCCCC(=O)C1CCCCC1)n1cc(CCO)nn1. The number of rotatable bonds is 20. The van der Waals surface area contributed by atoms with E-state index in [1.54, 1.807) is 16.4 Å². The molecule has 0 bridgehead atoms. The predicted octanol–water partition coefficient (Wildman–Crippen LogP) is 6.12. The van der Waals surface area contributed by atoms with Gasteiger partial charge in [0.05, 0.1) is 5.69 Å². The van der Waals surface area contributed by atoms with Crippen LogP contribution in [0.15, 0.2) is 6.20 Å². The molecule has 0 radical (unpaired) electrons. The van der Waals surface area contributed by atoms with E-state index in [1.165, 1.54) is 57.8 Å². The average Bonchev–Trinajstić information content (AvgIpc) is 3.31. The number of hydrogen-bond acceptors (Lipinski definition) is 6. The summed E-state index contributed by atoms with van der Waals surface area (Å²) in [5, 5.41) is 17.3. The number of Topliss-reactive ketones (excluding diaryl/α,β-unsaturated/α-hetero) is 2. The number of hydrogen-bond donors (Lipinski definition) is 1. The molecule has 7 heteroatoms. The van der Waals surface area contributed by atoms with E-state index in [1.807, 2.05) is 6.20 Å². The summed E-state index contributed by atoms with van der Waals surface area (Å²) in [7, 11) is 0. The second kappa shape index (κ2) is 18.1. The van der Waals surface area contributed by atoms with Crippen molar-refractivity contribution in [3.8, 4) is 0 Å². The highest BCUT2D eigenvalue weighted by Crippen LogP contribution is 2.26. The highest BCUT2D eigenvalue weighted by atomic mass is 32.2. The maximum absolute atomic E-state index is 12.8. The molecule has 6 nitrogen and oxygen atoms in total. The first kappa shape index (κ1) is 29.0. The summed E-state index contributed by atoms with van der Waals surface area (Å²) in [5.74, 6) is 2.07. The van der Waals surface area contributed by atoms with E-state index in [0.29, 0.717) is 24.5 Å². The lowest BCUT2D eigenvalue weighted by molar-refractivity contribution is -0.124. The summed E-state index contributed by atoms with van der Waals surface area (Å²) < 4.78 is 1.70. The number of thioether (sulfide) groups is 1. The van der Waals surface area contributed by atoms with Gasteiger partial charge in [0.15, 0.2) is 5.78 Å². The van der Waals surface area contributed by atoms with Gasteiger partial charge in [-0.05, 0) is 44.1 Å². The Morgan fingerprint density at radius 1 is 1.00 bits per heavy atom. The monoisotopic (exact) mass is 493 g/mol. The molecule has 1 aliphatic carbocycles. The van der Waals surface area contributed by atoms with Crippen molar-refractivity contribution in [2.75, 3.05) is 18.6 Å². The summed E-state index contributed by atoms with van der Waals surface area (Å²) >= 11 is 1.74. The quantitative estimate of drug-likeness (QED) is 0.220. The van der Waals surface area contributed by atoms with Gasteiger partial charge < -0.3 is 5.11 Å². The Hall–Kier alpha value is -1.21. The van der Waals surface area contributed by atoms with Crippen LogP contribution >= 0.6 is 11.8 Å². The lowest BCUT2D eigenvalue weighted by Crippen LogP contribution is -2.21. The maximum atomic E-state index is 12.8. The van der Waals surface area contributed by atoms with Crippen molar-refractivity contribution >= 4 is 23.3 Å². The molecule has 1 heterocycles. The molecule has 1 atom stereocenters. The number of aromatic nitrogens is 3. The van der Waals surface area contributed by atoms with E-state index in [0.717, 1.165) is 56.4 Å². The zero-order chi connectivity index (χ0) is 24.4. The first-order chi connectivity index (χ1) is 16.7. The Bertz CT molecular complexity index is 688. The average molecular weight is 494 g/mol. The van der Waals surface area contributed by atoms with Crippen LogP contribution in [0.4, 0.5) is 0 Å². The van der Waals surface area contributed by atoms with Gasteiger partial charge in [-0.1, -0.05) is 69.4 Å². The van der Waals surface area contributed by atoms with Gasteiger partial charge in [-0.3, -0.25) is 9.59 Å². The van der Waals surface area contributed by atoms with Gasteiger partial charge >= 0.3 is 0 Å². The van der Waals surface area contributed by atoms with Crippen molar-refractivity contribution in [2.45, 2.75) is 122 Å². The molecular weight excluding hydrogens is 446 g/mol. The largest absolute Gasteiger partial charge is 0.396 e. The number of aliphatic hydroxyl groups excluding tert-OH is 1. The molecule has 194 valence electrons. The van der Waals surface area contributed by atoms with Gasteiger partial charge in [0.25, 0.3) is 0 Å². The van der Waals surface area contributed by atoms with Crippen LogP contribution in [-0.4, -0.2) is 50.3 Å². The minimum atomic E-state index is -0.239. The fourth-order valence-corrected chi connectivity index (χ4v) is 5.46. The van der Waals surface area contributed by atoms with Gasteiger partial charge in [0.2, 0.25) is 0 Å². The Morgan fingerprint density at radius 3 is 2.24 bits per heavy atom. The van der Waals surface area contributed by atoms with Crippen LogP contribution in [0.5, 0.6) is 0 Å². The molecule has 2 rings (SSSR count). The highest BCUT2D eigenvalue weighted by molar-refractivity contribution is 7.98. The third-order valence-corrected chi connectivity index (χ3v) is 7.76. The summed E-state index contributed by atoms with van der Waals surface area (Å²) in [6, 6.07) is -0.239. The van der Waals surface area contributed by atoms with Crippen molar-refractivity contribution < 1.29 is 14.7 Å². The molecule has 1 unspecified atom stereocenters. The maximum Gasteiger partial charge on any atom is 0.157 e. The molecule has 1 aromatic heterocycles. The third kappa shape index (κ3) is 11.5. The zero-order valence-corrected chi connectivity index (χ0v) is 22.2. The van der Waals surface area contributed by atoms with Gasteiger partial charge in [0.1, 0.15) is 11.8 Å². The van der Waals surface area contributed by atoms with Crippen LogP contribution in [0.1, 0.15) is 121 Å². The topological polar surface area (TPSA) is 85.1 Å². The van der Waals surface area contributed by atoms with Gasteiger partial charge in [-0.25, -0.2) is 4.68 Å².